The van der Waals surface area contributed by atoms with E-state index in [1.165, 1.54) is 6.07 Å². The van der Waals surface area contributed by atoms with Crippen molar-refractivity contribution in [2.24, 2.45) is 0 Å². The van der Waals surface area contributed by atoms with Gasteiger partial charge in [0.05, 0.1) is 5.39 Å². The SMILES string of the molecule is O=c1cc(NCc2ccccc2)oc2ccccc12. The average molecular weight is 251 g/mol. The predicted molar refractivity (Wildman–Crippen MR) is 76.3 cm³/mol. The minimum atomic E-state index is -0.0302. The molecule has 1 aromatic heterocycles. The van der Waals surface area contributed by atoms with Crippen LogP contribution < -0.4 is 10.7 Å². The van der Waals surface area contributed by atoms with Crippen molar-refractivity contribution in [2.75, 3.05) is 5.32 Å². The molecule has 0 radical (unpaired) electrons. The maximum atomic E-state index is 11.9. The summed E-state index contributed by atoms with van der Waals surface area (Å²) in [6.07, 6.45) is 0. The first-order valence-corrected chi connectivity index (χ1v) is 6.13. The molecule has 3 aromatic rings. The van der Waals surface area contributed by atoms with Crippen molar-refractivity contribution < 1.29 is 4.42 Å². The minimum absolute atomic E-state index is 0.0302. The standard InChI is InChI=1S/C16H13NO2/c18-14-10-16(17-11-12-6-2-1-3-7-12)19-15-9-5-4-8-13(14)15/h1-10,17H,11H2. The molecule has 0 saturated heterocycles. The van der Waals surface area contributed by atoms with Gasteiger partial charge in [0, 0.05) is 12.6 Å². The van der Waals surface area contributed by atoms with Gasteiger partial charge < -0.3 is 9.73 Å². The zero-order chi connectivity index (χ0) is 13.1. The van der Waals surface area contributed by atoms with Crippen LogP contribution in [-0.4, -0.2) is 0 Å². The number of para-hydroxylation sites is 1. The summed E-state index contributed by atoms with van der Waals surface area (Å²) in [5.41, 5.74) is 1.71. The van der Waals surface area contributed by atoms with Crippen LogP contribution in [0, 0.1) is 0 Å². The van der Waals surface area contributed by atoms with Crippen LogP contribution in [0.25, 0.3) is 11.0 Å². The molecular formula is C16H13NO2. The zero-order valence-electron chi connectivity index (χ0n) is 10.3. The van der Waals surface area contributed by atoms with E-state index in [-0.39, 0.29) is 5.43 Å². The second-order valence-corrected chi connectivity index (χ2v) is 4.31. The van der Waals surface area contributed by atoms with Crippen LogP contribution in [0.15, 0.2) is 69.9 Å². The van der Waals surface area contributed by atoms with E-state index in [1.807, 2.05) is 42.5 Å². The minimum Gasteiger partial charge on any atom is -0.440 e. The third-order valence-electron chi connectivity index (χ3n) is 2.94. The van der Waals surface area contributed by atoms with Gasteiger partial charge in [-0.3, -0.25) is 4.79 Å². The Morgan fingerprint density at radius 2 is 1.68 bits per heavy atom. The van der Waals surface area contributed by atoms with Crippen LogP contribution in [0.5, 0.6) is 0 Å². The van der Waals surface area contributed by atoms with Gasteiger partial charge in [-0.25, -0.2) is 0 Å². The summed E-state index contributed by atoms with van der Waals surface area (Å²) in [5.74, 6) is 0.493. The van der Waals surface area contributed by atoms with Crippen molar-refractivity contribution in [1.82, 2.24) is 0 Å². The lowest BCUT2D eigenvalue weighted by atomic mass is 10.2. The third-order valence-corrected chi connectivity index (χ3v) is 2.94. The van der Waals surface area contributed by atoms with E-state index in [0.717, 1.165) is 5.56 Å². The van der Waals surface area contributed by atoms with Gasteiger partial charge in [0.2, 0.25) is 0 Å². The highest BCUT2D eigenvalue weighted by Crippen LogP contribution is 2.15. The van der Waals surface area contributed by atoms with E-state index in [4.69, 9.17) is 4.42 Å². The monoisotopic (exact) mass is 251 g/mol. The molecule has 19 heavy (non-hydrogen) atoms. The number of hydrogen-bond donors (Lipinski definition) is 1. The van der Waals surface area contributed by atoms with Gasteiger partial charge in [-0.2, -0.15) is 0 Å². The number of fused-ring (bicyclic) bond motifs is 1. The maximum absolute atomic E-state index is 11.9. The third kappa shape index (κ3) is 2.50. The van der Waals surface area contributed by atoms with Crippen LogP contribution >= 0.6 is 0 Å². The van der Waals surface area contributed by atoms with Gasteiger partial charge in [-0.15, -0.1) is 0 Å². The molecule has 0 unspecified atom stereocenters. The summed E-state index contributed by atoms with van der Waals surface area (Å²) in [5, 5.41) is 3.73. The molecule has 1 heterocycles. The molecule has 3 nitrogen and oxygen atoms in total. The molecule has 0 aliphatic heterocycles. The Balaban J connectivity index is 1.88. The summed E-state index contributed by atoms with van der Waals surface area (Å²) >= 11 is 0. The van der Waals surface area contributed by atoms with Crippen molar-refractivity contribution in [3.63, 3.8) is 0 Å². The molecule has 0 aliphatic rings. The summed E-state index contributed by atoms with van der Waals surface area (Å²) in [4.78, 5) is 11.9. The van der Waals surface area contributed by atoms with E-state index in [1.54, 1.807) is 12.1 Å². The molecule has 3 rings (SSSR count). The van der Waals surface area contributed by atoms with Gasteiger partial charge in [0.1, 0.15) is 5.58 Å². The van der Waals surface area contributed by atoms with Crippen molar-refractivity contribution in [3.8, 4) is 0 Å². The topological polar surface area (TPSA) is 42.2 Å². The molecule has 0 atom stereocenters. The smallest absolute Gasteiger partial charge is 0.197 e. The molecule has 3 heteroatoms. The fourth-order valence-corrected chi connectivity index (χ4v) is 1.98. The highest BCUT2D eigenvalue weighted by Gasteiger charge is 2.03. The van der Waals surface area contributed by atoms with Crippen LogP contribution in [-0.2, 0) is 6.54 Å². The Morgan fingerprint density at radius 3 is 2.53 bits per heavy atom. The molecule has 0 fully saturated rings. The second-order valence-electron chi connectivity index (χ2n) is 4.31. The summed E-state index contributed by atoms with van der Waals surface area (Å²) in [6, 6.07) is 18.7. The summed E-state index contributed by atoms with van der Waals surface area (Å²) in [7, 11) is 0. The van der Waals surface area contributed by atoms with Gasteiger partial charge in [0.25, 0.3) is 0 Å². The number of hydrogen-bond acceptors (Lipinski definition) is 3. The molecule has 0 saturated carbocycles. The van der Waals surface area contributed by atoms with Gasteiger partial charge in [-0.1, -0.05) is 42.5 Å². The first-order valence-electron chi connectivity index (χ1n) is 6.13. The van der Waals surface area contributed by atoms with Gasteiger partial charge in [0.15, 0.2) is 11.3 Å². The Hall–Kier alpha value is -2.55. The predicted octanol–water partition coefficient (Wildman–Crippen LogP) is 3.41. The normalized spacial score (nSPS) is 10.5. The Kier molecular flexibility index (Phi) is 3.02. The van der Waals surface area contributed by atoms with E-state index < -0.39 is 0 Å². The lowest BCUT2D eigenvalue weighted by Gasteiger charge is -2.06. The molecule has 2 aromatic carbocycles. The molecule has 0 bridgehead atoms. The number of rotatable bonds is 3. The Bertz CT molecular complexity index is 747. The largest absolute Gasteiger partial charge is 0.440 e. The second kappa shape index (κ2) is 4.98. The Labute approximate surface area is 110 Å². The lowest BCUT2D eigenvalue weighted by Crippen LogP contribution is -2.05. The summed E-state index contributed by atoms with van der Waals surface area (Å²) < 4.78 is 5.65. The summed E-state index contributed by atoms with van der Waals surface area (Å²) in [6.45, 7) is 0.627. The van der Waals surface area contributed by atoms with Crippen molar-refractivity contribution in [2.45, 2.75) is 6.54 Å². The van der Waals surface area contributed by atoms with Crippen molar-refractivity contribution in [1.29, 1.82) is 0 Å². The molecular weight excluding hydrogens is 238 g/mol. The molecule has 94 valence electrons. The number of benzene rings is 2. The van der Waals surface area contributed by atoms with Crippen LogP contribution in [0.1, 0.15) is 5.56 Å². The van der Waals surface area contributed by atoms with Gasteiger partial charge >= 0.3 is 0 Å². The molecule has 0 amide bonds. The van der Waals surface area contributed by atoms with Gasteiger partial charge in [-0.05, 0) is 17.7 Å². The first-order chi connectivity index (χ1) is 9.33. The van der Waals surface area contributed by atoms with E-state index in [2.05, 4.69) is 5.32 Å². The van der Waals surface area contributed by atoms with E-state index >= 15 is 0 Å². The number of anilines is 1. The highest BCUT2D eigenvalue weighted by atomic mass is 16.3. The first kappa shape index (κ1) is 11.5. The van der Waals surface area contributed by atoms with Crippen LogP contribution in [0.4, 0.5) is 5.88 Å². The Morgan fingerprint density at radius 1 is 0.947 bits per heavy atom. The van der Waals surface area contributed by atoms with Crippen LogP contribution in [0.2, 0.25) is 0 Å². The maximum Gasteiger partial charge on any atom is 0.197 e. The average Bonchev–Trinajstić information content (AvgIpc) is 2.46. The van der Waals surface area contributed by atoms with Crippen molar-refractivity contribution in [3.05, 3.63) is 76.5 Å². The highest BCUT2D eigenvalue weighted by molar-refractivity contribution is 5.77. The fourth-order valence-electron chi connectivity index (χ4n) is 1.98. The molecule has 0 aliphatic carbocycles. The van der Waals surface area contributed by atoms with Crippen molar-refractivity contribution >= 4 is 16.9 Å². The fraction of sp³-hybridized carbons (Fsp3) is 0.0625. The molecule has 0 spiro atoms. The number of nitrogens with one attached hydrogen (secondary N) is 1. The van der Waals surface area contributed by atoms with E-state index in [0.29, 0.717) is 23.4 Å². The quantitative estimate of drug-likeness (QED) is 0.775. The zero-order valence-corrected chi connectivity index (χ0v) is 10.3. The van der Waals surface area contributed by atoms with E-state index in [9.17, 15) is 4.79 Å². The van der Waals surface area contributed by atoms with Crippen LogP contribution in [0.3, 0.4) is 0 Å². The lowest BCUT2D eigenvalue weighted by molar-refractivity contribution is 0.614. The molecule has 1 N–H and O–H groups in total.